The van der Waals surface area contributed by atoms with E-state index in [0.717, 1.165) is 90.0 Å². The molecule has 0 fully saturated rings. The Balaban J connectivity index is 0.000000235. The zero-order valence-corrected chi connectivity index (χ0v) is 39.9. The van der Waals surface area contributed by atoms with Crippen LogP contribution < -0.4 is 5.19 Å². The van der Waals surface area contributed by atoms with Crippen molar-refractivity contribution in [3.8, 4) is 39.5 Å². The van der Waals surface area contributed by atoms with Gasteiger partial charge in [0.25, 0.3) is 0 Å². The van der Waals surface area contributed by atoms with E-state index in [2.05, 4.69) is 166 Å². The minimum Gasteiger partial charge on any atom is -0.486 e. The first-order chi connectivity index (χ1) is 29.4. The second-order valence-electron chi connectivity index (χ2n) is 17.7. The van der Waals surface area contributed by atoms with E-state index in [0.29, 0.717) is 5.71 Å². The van der Waals surface area contributed by atoms with Crippen LogP contribution in [0.25, 0.3) is 83.5 Å². The molecule has 0 atom stereocenters. The maximum atomic E-state index is 6.53. The number of aromatic nitrogens is 5. The number of hydrogen-bond donors (Lipinski definition) is 0. The third kappa shape index (κ3) is 8.18. The number of fused-ring (bicyclic) bond motifs is 6. The fourth-order valence-electron chi connectivity index (χ4n) is 8.10. The number of pyridine rings is 3. The second-order valence-corrected chi connectivity index (χ2v) is 22.8. The summed E-state index contributed by atoms with van der Waals surface area (Å²) in [7, 11) is -1.30. The van der Waals surface area contributed by atoms with Gasteiger partial charge < -0.3 is 14.0 Å². The molecule has 6 nitrogen and oxygen atoms in total. The van der Waals surface area contributed by atoms with Gasteiger partial charge in [-0.25, -0.2) is 4.98 Å². The van der Waals surface area contributed by atoms with E-state index in [1.807, 2.05) is 49.4 Å². The zero-order chi connectivity index (χ0) is 42.5. The molecule has 0 saturated heterocycles. The van der Waals surface area contributed by atoms with E-state index >= 15 is 0 Å². The molecule has 1 radical (unpaired) electrons. The predicted octanol–water partition coefficient (Wildman–Crippen LogP) is 13.3. The van der Waals surface area contributed by atoms with Crippen LogP contribution in [0.1, 0.15) is 44.6 Å². The Bertz CT molecular complexity index is 3200. The van der Waals surface area contributed by atoms with Gasteiger partial charge in [0.2, 0.25) is 5.71 Å². The topological polar surface area (TPSA) is 69.6 Å². The SMILES string of the molecule is CCc1cc(-c2[c-]cccc2)ncc1[Si](C)(C)C.Cc1ccc2c(ccc3nc(-c4[c-]ccc5c4oc4nc(C(C)(C)C)ccc45)n(-c4ccc(-c5ccccc5)cc4)c32)n1.[Ir]. The van der Waals surface area contributed by atoms with Crippen molar-refractivity contribution in [1.29, 1.82) is 0 Å². The molecule has 0 bridgehead atoms. The monoisotopic (exact) mass is 1000 g/mol. The van der Waals surface area contributed by atoms with Crippen LogP contribution in [0.15, 0.2) is 144 Å². The molecule has 0 saturated carbocycles. The Labute approximate surface area is 378 Å². The van der Waals surface area contributed by atoms with Crippen molar-refractivity contribution in [2.24, 2.45) is 0 Å². The molecule has 0 spiro atoms. The fourth-order valence-corrected chi connectivity index (χ4v) is 9.76. The van der Waals surface area contributed by atoms with Crippen molar-refractivity contribution >= 4 is 57.3 Å². The second kappa shape index (κ2) is 17.0. The van der Waals surface area contributed by atoms with E-state index in [9.17, 15) is 0 Å². The van der Waals surface area contributed by atoms with Gasteiger partial charge in [0, 0.05) is 59.6 Å². The maximum absolute atomic E-state index is 6.53. The minimum absolute atomic E-state index is 0. The molecule has 0 amide bonds. The minimum atomic E-state index is -1.30. The molecular formula is C54H49IrN5OSi-2. The Kier molecular flexibility index (Phi) is 11.7. The normalized spacial score (nSPS) is 11.8. The van der Waals surface area contributed by atoms with Gasteiger partial charge in [0.05, 0.1) is 36.0 Å². The van der Waals surface area contributed by atoms with Crippen molar-refractivity contribution in [3.05, 3.63) is 169 Å². The van der Waals surface area contributed by atoms with Gasteiger partial charge in [-0.2, -0.15) is 0 Å². The number of rotatable bonds is 6. The van der Waals surface area contributed by atoms with Gasteiger partial charge in [0.1, 0.15) is 0 Å². The number of imidazole rings is 1. The summed E-state index contributed by atoms with van der Waals surface area (Å²) < 4.78 is 8.75. The molecule has 5 aromatic carbocycles. The van der Waals surface area contributed by atoms with E-state index < -0.39 is 8.07 Å². The quantitative estimate of drug-likeness (QED) is 0.123. The van der Waals surface area contributed by atoms with Gasteiger partial charge in [-0.3, -0.25) is 9.97 Å². The Morgan fingerprint density at radius 1 is 0.694 bits per heavy atom. The average Bonchev–Trinajstić information content (AvgIpc) is 3.85. The first kappa shape index (κ1) is 42.6. The molecule has 0 aliphatic heterocycles. The van der Waals surface area contributed by atoms with Crippen molar-refractivity contribution in [1.82, 2.24) is 24.5 Å². The first-order valence-corrected chi connectivity index (χ1v) is 24.5. The van der Waals surface area contributed by atoms with Crippen LogP contribution in [-0.4, -0.2) is 32.6 Å². The van der Waals surface area contributed by atoms with Crippen molar-refractivity contribution in [2.45, 2.75) is 66.1 Å². The van der Waals surface area contributed by atoms with Crippen LogP contribution in [0, 0.1) is 19.1 Å². The smallest absolute Gasteiger partial charge is 0.216 e. The molecule has 5 heterocycles. The number of furan rings is 1. The summed E-state index contributed by atoms with van der Waals surface area (Å²) in [5, 5.41) is 4.50. The fraction of sp³-hybridized carbons (Fsp3) is 0.185. The number of hydrogen-bond acceptors (Lipinski definition) is 5. The van der Waals surface area contributed by atoms with Gasteiger partial charge >= 0.3 is 0 Å². The summed E-state index contributed by atoms with van der Waals surface area (Å²) >= 11 is 0. The third-order valence-electron chi connectivity index (χ3n) is 11.3. The molecule has 0 unspecified atom stereocenters. The summed E-state index contributed by atoms with van der Waals surface area (Å²) in [5.74, 6) is 0.760. The number of benzene rings is 5. The standard InChI is InChI=1S/C38H29N4O.C16H20NSi.Ir/c1-23-13-18-29-31(39-23)20-21-32-34(29)42(26-16-14-25(15-17-26)24-9-6-5-7-10-24)36(40-32)30-12-8-11-27-28-19-22-33(38(2,3)4)41-37(28)43-35(27)30;1-5-13-11-15(14-9-7-6-8-10-14)17-12-16(13)18(2,3)4;/h5-11,13-22H,1-4H3;6-9,11-12H,5H2,1-4H3;/q2*-1;. The predicted molar refractivity (Wildman–Crippen MR) is 255 cm³/mol. The molecular weight excluding hydrogens is 955 g/mol. The van der Waals surface area contributed by atoms with E-state index in [4.69, 9.17) is 19.4 Å². The molecule has 0 aliphatic rings. The molecule has 10 aromatic rings. The molecule has 10 rings (SSSR count). The zero-order valence-electron chi connectivity index (χ0n) is 36.5. The Morgan fingerprint density at radius 2 is 1.42 bits per heavy atom. The maximum Gasteiger partial charge on any atom is 0.216 e. The van der Waals surface area contributed by atoms with Gasteiger partial charge in [-0.15, -0.1) is 54.1 Å². The van der Waals surface area contributed by atoms with Crippen LogP contribution in [-0.2, 0) is 31.9 Å². The summed E-state index contributed by atoms with van der Waals surface area (Å²) in [6.45, 7) is 17.8. The largest absolute Gasteiger partial charge is 0.486 e. The third-order valence-corrected chi connectivity index (χ3v) is 13.4. The van der Waals surface area contributed by atoms with Gasteiger partial charge in [-0.1, -0.05) is 112 Å². The van der Waals surface area contributed by atoms with Crippen LogP contribution in [0.2, 0.25) is 19.6 Å². The molecule has 8 heteroatoms. The van der Waals surface area contributed by atoms with E-state index in [-0.39, 0.29) is 25.5 Å². The van der Waals surface area contributed by atoms with Crippen molar-refractivity contribution < 1.29 is 24.5 Å². The van der Waals surface area contributed by atoms with E-state index in [1.54, 1.807) is 0 Å². The van der Waals surface area contributed by atoms with Crippen LogP contribution in [0.5, 0.6) is 0 Å². The molecule has 311 valence electrons. The summed E-state index contributed by atoms with van der Waals surface area (Å²) in [4.78, 5) is 19.6. The molecule has 5 aromatic heterocycles. The van der Waals surface area contributed by atoms with Crippen LogP contribution in [0.4, 0.5) is 0 Å². The molecule has 0 aliphatic carbocycles. The summed E-state index contributed by atoms with van der Waals surface area (Å²) in [6.07, 6.45) is 3.16. The summed E-state index contributed by atoms with van der Waals surface area (Å²) in [6, 6.07) is 52.6. The van der Waals surface area contributed by atoms with Gasteiger partial charge in [0.15, 0.2) is 0 Å². The number of aryl methyl sites for hydroxylation is 2. The Morgan fingerprint density at radius 3 is 2.13 bits per heavy atom. The van der Waals surface area contributed by atoms with Crippen molar-refractivity contribution in [3.63, 3.8) is 0 Å². The average molecular weight is 1000 g/mol. The molecule has 0 N–H and O–H groups in total. The Hall–Kier alpha value is -6.05. The first-order valence-electron chi connectivity index (χ1n) is 21.0. The van der Waals surface area contributed by atoms with Crippen LogP contribution in [0.3, 0.4) is 0 Å². The molecule has 62 heavy (non-hydrogen) atoms. The number of nitrogens with zero attached hydrogens (tertiary/aromatic N) is 5. The summed E-state index contributed by atoms with van der Waals surface area (Å²) in [5.41, 5.74) is 13.7. The van der Waals surface area contributed by atoms with E-state index in [1.165, 1.54) is 16.3 Å². The van der Waals surface area contributed by atoms with Crippen molar-refractivity contribution in [2.75, 3.05) is 0 Å². The van der Waals surface area contributed by atoms with Crippen LogP contribution >= 0.6 is 0 Å². The van der Waals surface area contributed by atoms with Gasteiger partial charge in [-0.05, 0) is 83.9 Å².